The maximum Gasteiger partial charge on any atom is 0.326 e. The fourth-order valence-corrected chi connectivity index (χ4v) is 11.1. The molecule has 0 saturated carbocycles. The van der Waals surface area contributed by atoms with Crippen LogP contribution in [0.4, 0.5) is 0 Å². The first-order valence-corrected chi connectivity index (χ1v) is 21.8. The number of nitrogens with zero attached hydrogens (tertiary/aromatic N) is 2. The summed E-state index contributed by atoms with van der Waals surface area (Å²) in [6, 6.07) is 24.6. The van der Waals surface area contributed by atoms with Gasteiger partial charge in [-0.05, 0) is 97.3 Å². The molecule has 2 aliphatic rings. The van der Waals surface area contributed by atoms with Crippen LogP contribution < -0.4 is 10.6 Å². The number of carboxylic acid groups (broad SMARTS) is 1. The minimum atomic E-state index is -1.14. The first-order chi connectivity index (χ1) is 27.6. The molecule has 6 aromatic rings. The van der Waals surface area contributed by atoms with Gasteiger partial charge in [-0.2, -0.15) is 0 Å². The highest BCUT2D eigenvalue weighted by atomic mass is 32.2. The van der Waals surface area contributed by atoms with Gasteiger partial charge >= 0.3 is 5.97 Å². The molecule has 296 valence electrons. The fraction of sp³-hybridized carbons (Fsp3) is 0.396. The van der Waals surface area contributed by atoms with E-state index >= 15 is 0 Å². The van der Waals surface area contributed by atoms with Crippen LogP contribution in [0.5, 0.6) is 0 Å². The van der Waals surface area contributed by atoms with Crippen molar-refractivity contribution in [2.75, 3.05) is 5.75 Å². The van der Waals surface area contributed by atoms with E-state index in [1.54, 1.807) is 11.8 Å². The molecule has 2 amide bonds. The van der Waals surface area contributed by atoms with E-state index in [1.807, 2.05) is 30.3 Å². The second kappa shape index (κ2) is 16.3. The van der Waals surface area contributed by atoms with Gasteiger partial charge in [-0.15, -0.1) is 11.8 Å². The maximum atomic E-state index is 13.9. The standard InChI is InChI=1S/C48H54N4O4S/c1-6-34(7-2)51-23-30-15-18-36-37-19-16-32-25-52(35(8-3)9-4)26-33-22-41(45(46(37)43(32)33)38-20-17-31(24-51)42(30)44(36)38)57-27-40(49-28(5)53)47(54)50-39(48(55)56)21-29-13-11-10-12-14-29/h10-20,22,34-35,39-40H,6-9,21,23-27H2,1-5H3,(H,49,53)(H,50,54)(H,55,56). The molecule has 0 spiro atoms. The number of carbonyl (C=O) groups is 3. The molecule has 0 aromatic heterocycles. The molecule has 9 heteroatoms. The number of hydrogen-bond acceptors (Lipinski definition) is 6. The zero-order valence-electron chi connectivity index (χ0n) is 33.8. The number of hydrogen-bond donors (Lipinski definition) is 3. The first kappa shape index (κ1) is 39.1. The Labute approximate surface area is 339 Å². The van der Waals surface area contributed by atoms with Crippen LogP contribution in [-0.4, -0.2) is 62.6 Å². The van der Waals surface area contributed by atoms with Crippen LogP contribution in [0.2, 0.25) is 0 Å². The highest BCUT2D eigenvalue weighted by Gasteiger charge is 2.31. The lowest BCUT2D eigenvalue weighted by Gasteiger charge is -2.37. The van der Waals surface area contributed by atoms with E-state index in [1.165, 1.54) is 72.3 Å². The molecule has 2 heterocycles. The Bertz CT molecular complexity index is 2460. The van der Waals surface area contributed by atoms with E-state index < -0.39 is 24.0 Å². The molecule has 3 N–H and O–H groups in total. The number of carbonyl (C=O) groups excluding carboxylic acids is 2. The highest BCUT2D eigenvalue weighted by Crippen LogP contribution is 2.49. The van der Waals surface area contributed by atoms with Crippen molar-refractivity contribution in [2.24, 2.45) is 0 Å². The molecule has 2 aliphatic heterocycles. The smallest absolute Gasteiger partial charge is 0.326 e. The minimum Gasteiger partial charge on any atom is -0.480 e. The van der Waals surface area contributed by atoms with E-state index in [0.29, 0.717) is 12.1 Å². The van der Waals surface area contributed by atoms with Gasteiger partial charge in [-0.3, -0.25) is 19.4 Å². The van der Waals surface area contributed by atoms with Crippen LogP contribution in [0.1, 0.15) is 88.1 Å². The third-order valence-corrected chi connectivity index (χ3v) is 13.8. The van der Waals surface area contributed by atoms with Crippen molar-refractivity contribution in [2.45, 2.75) is 122 Å². The number of benzene rings is 6. The van der Waals surface area contributed by atoms with Crippen molar-refractivity contribution in [3.63, 3.8) is 0 Å². The summed E-state index contributed by atoms with van der Waals surface area (Å²) < 4.78 is 0. The lowest BCUT2D eigenvalue weighted by atomic mass is 9.82. The molecule has 6 aromatic carbocycles. The predicted octanol–water partition coefficient (Wildman–Crippen LogP) is 9.15. The lowest BCUT2D eigenvalue weighted by molar-refractivity contribution is -0.142. The molecule has 0 radical (unpaired) electrons. The summed E-state index contributed by atoms with van der Waals surface area (Å²) in [5, 5.41) is 26.0. The quantitative estimate of drug-likeness (QED) is 0.0543. The number of rotatable bonds is 15. The summed E-state index contributed by atoms with van der Waals surface area (Å²) in [7, 11) is 0. The third-order valence-electron chi connectivity index (χ3n) is 12.7. The summed E-state index contributed by atoms with van der Waals surface area (Å²) in [6.07, 6.45) is 4.55. The van der Waals surface area contributed by atoms with Gasteiger partial charge in [-0.25, -0.2) is 4.79 Å². The van der Waals surface area contributed by atoms with E-state index in [-0.39, 0.29) is 18.1 Å². The molecule has 0 aliphatic carbocycles. The van der Waals surface area contributed by atoms with Crippen LogP contribution in [0.3, 0.4) is 0 Å². The summed E-state index contributed by atoms with van der Waals surface area (Å²) >= 11 is 1.58. The first-order valence-electron chi connectivity index (χ1n) is 20.8. The van der Waals surface area contributed by atoms with Crippen molar-refractivity contribution in [3.05, 3.63) is 101 Å². The molecule has 2 atom stereocenters. The Hall–Kier alpha value is -4.70. The van der Waals surface area contributed by atoms with E-state index in [0.717, 1.165) is 62.3 Å². The SMILES string of the molecule is CCC(CC)N1Cc2ccc3c4ccc5c6c(cc(SCC(NC(C)=O)C(=O)NC(Cc7ccccc7)C(=O)O)c(c7ccc(c2c37)C1)c64)CN(C(CC)CC)C5. The fourth-order valence-electron chi connectivity index (χ4n) is 9.94. The number of amides is 2. The summed E-state index contributed by atoms with van der Waals surface area (Å²) in [6.45, 7) is 14.1. The van der Waals surface area contributed by atoms with Crippen LogP contribution >= 0.6 is 11.8 Å². The molecule has 0 saturated heterocycles. The topological polar surface area (TPSA) is 102 Å². The molecule has 2 unspecified atom stereocenters. The van der Waals surface area contributed by atoms with Crippen LogP contribution in [0.15, 0.2) is 77.7 Å². The van der Waals surface area contributed by atoms with Crippen molar-refractivity contribution in [3.8, 4) is 0 Å². The van der Waals surface area contributed by atoms with Gasteiger partial charge < -0.3 is 15.7 Å². The van der Waals surface area contributed by atoms with Crippen molar-refractivity contribution in [1.82, 2.24) is 20.4 Å². The average molecular weight is 783 g/mol. The normalized spacial score (nSPS) is 15.6. The Morgan fingerprint density at radius 1 is 0.632 bits per heavy atom. The van der Waals surface area contributed by atoms with Gasteiger partial charge in [-0.1, -0.05) is 94.4 Å². The van der Waals surface area contributed by atoms with Gasteiger partial charge in [0.15, 0.2) is 0 Å². The van der Waals surface area contributed by atoms with E-state index in [4.69, 9.17) is 0 Å². The van der Waals surface area contributed by atoms with Crippen LogP contribution in [0, 0.1) is 0 Å². The largest absolute Gasteiger partial charge is 0.480 e. The zero-order valence-corrected chi connectivity index (χ0v) is 34.6. The van der Waals surface area contributed by atoms with Crippen LogP contribution in [-0.2, 0) is 47.0 Å². The second-order valence-electron chi connectivity index (χ2n) is 16.1. The molecular weight excluding hydrogens is 729 g/mol. The van der Waals surface area contributed by atoms with Crippen LogP contribution in [0.25, 0.3) is 43.1 Å². The van der Waals surface area contributed by atoms with E-state index in [2.05, 4.69) is 90.6 Å². The number of aliphatic carboxylic acids is 1. The Morgan fingerprint density at radius 2 is 1.16 bits per heavy atom. The maximum absolute atomic E-state index is 13.9. The van der Waals surface area contributed by atoms with Gasteiger partial charge in [0, 0.05) is 67.6 Å². The molecule has 0 fully saturated rings. The molecule has 8 nitrogen and oxygen atoms in total. The van der Waals surface area contributed by atoms with Crippen molar-refractivity contribution in [1.29, 1.82) is 0 Å². The Morgan fingerprint density at radius 3 is 1.70 bits per heavy atom. The molecule has 57 heavy (non-hydrogen) atoms. The summed E-state index contributed by atoms with van der Waals surface area (Å²) in [5.74, 6) is -1.73. The van der Waals surface area contributed by atoms with Crippen molar-refractivity contribution >= 4 is 72.6 Å². The van der Waals surface area contributed by atoms with E-state index in [9.17, 15) is 19.5 Å². The second-order valence-corrected chi connectivity index (χ2v) is 17.2. The number of carboxylic acids is 1. The number of fused-ring (bicyclic) bond motifs is 2. The van der Waals surface area contributed by atoms with Gasteiger partial charge in [0.2, 0.25) is 11.8 Å². The predicted molar refractivity (Wildman–Crippen MR) is 233 cm³/mol. The summed E-state index contributed by atoms with van der Waals surface area (Å²) in [4.78, 5) is 45.2. The van der Waals surface area contributed by atoms with Gasteiger partial charge in [0.1, 0.15) is 12.1 Å². The molecule has 8 rings (SSSR count). The molecule has 0 bridgehead atoms. The average Bonchev–Trinajstić information content (AvgIpc) is 3.21. The number of thioether (sulfide) groups is 1. The van der Waals surface area contributed by atoms with Gasteiger partial charge in [0.25, 0.3) is 0 Å². The highest BCUT2D eigenvalue weighted by molar-refractivity contribution is 7.99. The minimum absolute atomic E-state index is 0.140. The molecular formula is C48H54N4O4S. The Balaban J connectivity index is 1.25. The van der Waals surface area contributed by atoms with Gasteiger partial charge in [0.05, 0.1) is 0 Å². The number of nitrogens with one attached hydrogen (secondary N) is 2. The third kappa shape index (κ3) is 7.23. The lowest BCUT2D eigenvalue weighted by Crippen LogP contribution is -2.52. The zero-order chi connectivity index (χ0) is 40.0. The monoisotopic (exact) mass is 782 g/mol. The van der Waals surface area contributed by atoms with Crippen molar-refractivity contribution < 1.29 is 19.5 Å². The summed E-state index contributed by atoms with van der Waals surface area (Å²) in [5.41, 5.74) is 6.19. The Kier molecular flexibility index (Phi) is 11.2.